The molecule has 1 aromatic heterocycles. The summed E-state index contributed by atoms with van der Waals surface area (Å²) in [5.41, 5.74) is 1.37. The fraction of sp³-hybridized carbons (Fsp3) is 0.200. The highest BCUT2D eigenvalue weighted by Gasteiger charge is 2.31. The molecular weight excluding hydrogens is 421 g/mol. The summed E-state index contributed by atoms with van der Waals surface area (Å²) in [5.74, 6) is -0.154. The Morgan fingerprint density at radius 3 is 2.37 bits per heavy atom. The summed E-state index contributed by atoms with van der Waals surface area (Å²) in [6.07, 6.45) is -5.89. The minimum atomic E-state index is -4.79. The zero-order valence-electron chi connectivity index (χ0n) is 15.6. The number of hydrogen-bond acceptors (Lipinski definition) is 6. The molecule has 0 spiro atoms. The van der Waals surface area contributed by atoms with E-state index in [1.807, 2.05) is 12.1 Å². The largest absolute Gasteiger partial charge is 0.573 e. The third-order valence-electron chi connectivity index (χ3n) is 4.03. The normalized spacial score (nSPS) is 12.3. The van der Waals surface area contributed by atoms with E-state index in [0.717, 1.165) is 17.7 Å². The summed E-state index contributed by atoms with van der Waals surface area (Å²) in [4.78, 5) is 16.6. The van der Waals surface area contributed by atoms with E-state index >= 15 is 0 Å². The molecule has 0 radical (unpaired) electrons. The van der Waals surface area contributed by atoms with E-state index < -0.39 is 24.1 Å². The van der Waals surface area contributed by atoms with Gasteiger partial charge < -0.3 is 19.9 Å². The number of thiazole rings is 1. The molecule has 0 aliphatic heterocycles. The summed E-state index contributed by atoms with van der Waals surface area (Å²) in [6.45, 7) is -0.131. The average molecular weight is 438 g/mol. The summed E-state index contributed by atoms with van der Waals surface area (Å²) >= 11 is 1.30. The van der Waals surface area contributed by atoms with Gasteiger partial charge in [0.1, 0.15) is 22.2 Å². The smallest absolute Gasteiger partial charge is 0.497 e. The molecule has 30 heavy (non-hydrogen) atoms. The van der Waals surface area contributed by atoms with Gasteiger partial charge in [0.05, 0.1) is 13.2 Å². The highest BCUT2D eigenvalue weighted by molar-refractivity contribution is 7.13. The third-order valence-corrected chi connectivity index (χ3v) is 4.92. The lowest BCUT2D eigenvalue weighted by atomic mass is 10.1. The third kappa shape index (κ3) is 5.71. The molecule has 0 aliphatic rings. The van der Waals surface area contributed by atoms with Gasteiger partial charge in [0.2, 0.25) is 0 Å². The van der Waals surface area contributed by atoms with Crippen LogP contribution in [0.15, 0.2) is 53.9 Å². The van der Waals surface area contributed by atoms with Gasteiger partial charge >= 0.3 is 6.36 Å². The number of alkyl halides is 3. The molecule has 0 saturated heterocycles. The maximum atomic E-state index is 12.3. The topological polar surface area (TPSA) is 80.7 Å². The second kappa shape index (κ2) is 9.14. The van der Waals surface area contributed by atoms with Crippen LogP contribution in [0.4, 0.5) is 13.2 Å². The van der Waals surface area contributed by atoms with Gasteiger partial charge in [0.15, 0.2) is 0 Å². The van der Waals surface area contributed by atoms with Crippen LogP contribution in [0.5, 0.6) is 11.5 Å². The number of rotatable bonds is 7. The molecule has 0 fully saturated rings. The molecule has 3 rings (SSSR count). The van der Waals surface area contributed by atoms with E-state index in [0.29, 0.717) is 16.3 Å². The Bertz CT molecular complexity index is 989. The molecule has 1 amide bonds. The Morgan fingerprint density at radius 2 is 1.77 bits per heavy atom. The number of benzene rings is 2. The fourth-order valence-electron chi connectivity index (χ4n) is 2.53. The number of methoxy groups -OCH3 is 1. The van der Waals surface area contributed by atoms with Gasteiger partial charge in [-0.3, -0.25) is 4.79 Å². The van der Waals surface area contributed by atoms with Crippen LogP contribution in [0.2, 0.25) is 0 Å². The lowest BCUT2D eigenvalue weighted by molar-refractivity contribution is -0.274. The molecule has 158 valence electrons. The van der Waals surface area contributed by atoms with E-state index in [-0.39, 0.29) is 12.2 Å². The van der Waals surface area contributed by atoms with Gasteiger partial charge in [-0.25, -0.2) is 4.98 Å². The molecule has 1 unspecified atom stereocenters. The number of aliphatic hydroxyl groups is 1. The van der Waals surface area contributed by atoms with Crippen molar-refractivity contribution in [2.75, 3.05) is 13.7 Å². The van der Waals surface area contributed by atoms with Gasteiger partial charge in [-0.2, -0.15) is 0 Å². The van der Waals surface area contributed by atoms with Crippen molar-refractivity contribution in [1.82, 2.24) is 10.3 Å². The second-order valence-corrected chi connectivity index (χ2v) is 6.97. The zero-order chi connectivity index (χ0) is 21.7. The van der Waals surface area contributed by atoms with Crippen molar-refractivity contribution >= 4 is 17.2 Å². The maximum Gasteiger partial charge on any atom is 0.573 e. The van der Waals surface area contributed by atoms with Crippen molar-refractivity contribution < 1.29 is 32.5 Å². The number of ether oxygens (including phenoxy) is 2. The van der Waals surface area contributed by atoms with E-state index in [2.05, 4.69) is 15.0 Å². The molecule has 0 aliphatic carbocycles. The first-order valence-corrected chi connectivity index (χ1v) is 9.55. The van der Waals surface area contributed by atoms with Crippen molar-refractivity contribution in [3.63, 3.8) is 0 Å². The highest BCUT2D eigenvalue weighted by atomic mass is 32.1. The van der Waals surface area contributed by atoms with Crippen LogP contribution in [0, 0.1) is 0 Å². The van der Waals surface area contributed by atoms with E-state index in [1.54, 1.807) is 24.6 Å². The predicted octanol–water partition coefficient (Wildman–Crippen LogP) is 4.18. The van der Waals surface area contributed by atoms with Crippen molar-refractivity contribution in [2.45, 2.75) is 12.5 Å². The van der Waals surface area contributed by atoms with Crippen molar-refractivity contribution in [3.8, 4) is 22.1 Å². The van der Waals surface area contributed by atoms with Crippen LogP contribution in [-0.2, 0) is 0 Å². The lowest BCUT2D eigenvalue weighted by Crippen LogP contribution is -2.28. The summed E-state index contributed by atoms with van der Waals surface area (Å²) < 4.78 is 45.4. The minimum Gasteiger partial charge on any atom is -0.497 e. The maximum absolute atomic E-state index is 12.3. The quantitative estimate of drug-likeness (QED) is 0.579. The first kappa shape index (κ1) is 21.6. The highest BCUT2D eigenvalue weighted by Crippen LogP contribution is 2.26. The molecular formula is C20H17F3N2O4S. The van der Waals surface area contributed by atoms with Crippen molar-refractivity contribution in [2.24, 2.45) is 0 Å². The van der Waals surface area contributed by atoms with Gasteiger partial charge in [-0.05, 0) is 42.0 Å². The molecule has 0 bridgehead atoms. The van der Waals surface area contributed by atoms with Gasteiger partial charge in [0.25, 0.3) is 5.91 Å². The Hall–Kier alpha value is -3.11. The Kier molecular flexibility index (Phi) is 6.58. The monoisotopic (exact) mass is 438 g/mol. The minimum absolute atomic E-state index is 0.131. The SMILES string of the molecule is COc1ccc(-c2nc(C(=O)NCC(O)c3ccc(OC(F)(F)F)cc3)cs2)cc1. The summed E-state index contributed by atoms with van der Waals surface area (Å²) in [6, 6.07) is 12.0. The summed E-state index contributed by atoms with van der Waals surface area (Å²) in [7, 11) is 1.57. The number of carbonyl (C=O) groups is 1. The molecule has 2 aromatic carbocycles. The molecule has 0 saturated carbocycles. The number of aliphatic hydroxyl groups excluding tert-OH is 1. The number of carbonyl (C=O) groups excluding carboxylic acids is 1. The molecule has 2 N–H and O–H groups in total. The number of hydrogen-bond donors (Lipinski definition) is 2. The first-order chi connectivity index (χ1) is 14.2. The first-order valence-electron chi connectivity index (χ1n) is 8.67. The van der Waals surface area contributed by atoms with Gasteiger partial charge in [-0.1, -0.05) is 12.1 Å². The van der Waals surface area contributed by atoms with Crippen LogP contribution in [-0.4, -0.2) is 36.0 Å². The lowest BCUT2D eigenvalue weighted by Gasteiger charge is -2.13. The van der Waals surface area contributed by atoms with Crippen LogP contribution < -0.4 is 14.8 Å². The van der Waals surface area contributed by atoms with E-state index in [4.69, 9.17) is 4.74 Å². The molecule has 3 aromatic rings. The van der Waals surface area contributed by atoms with Gasteiger partial charge in [0, 0.05) is 17.5 Å². The van der Waals surface area contributed by atoms with Crippen molar-refractivity contribution in [3.05, 3.63) is 65.2 Å². The van der Waals surface area contributed by atoms with Gasteiger partial charge in [-0.15, -0.1) is 24.5 Å². The average Bonchev–Trinajstić information content (AvgIpc) is 3.21. The van der Waals surface area contributed by atoms with Crippen LogP contribution in [0.1, 0.15) is 22.2 Å². The number of halogens is 3. The zero-order valence-corrected chi connectivity index (χ0v) is 16.5. The fourth-order valence-corrected chi connectivity index (χ4v) is 3.34. The summed E-state index contributed by atoms with van der Waals surface area (Å²) in [5, 5.41) is 15.0. The second-order valence-electron chi connectivity index (χ2n) is 6.11. The van der Waals surface area contributed by atoms with Crippen LogP contribution in [0.3, 0.4) is 0 Å². The number of nitrogens with one attached hydrogen (secondary N) is 1. The van der Waals surface area contributed by atoms with E-state index in [1.165, 1.54) is 23.5 Å². The standard InChI is InChI=1S/C20H17F3N2O4S/c1-28-14-6-4-13(5-7-14)19-25-16(11-30-19)18(27)24-10-17(26)12-2-8-15(9-3-12)29-20(21,22)23/h2-9,11,17,26H,10H2,1H3,(H,24,27). The Labute approximate surface area is 173 Å². The molecule has 10 heteroatoms. The van der Waals surface area contributed by atoms with E-state index in [9.17, 15) is 23.1 Å². The van der Waals surface area contributed by atoms with Crippen LogP contribution in [0.25, 0.3) is 10.6 Å². The predicted molar refractivity (Wildman–Crippen MR) is 105 cm³/mol. The number of aromatic nitrogens is 1. The van der Waals surface area contributed by atoms with Crippen LogP contribution >= 0.6 is 11.3 Å². The molecule has 1 heterocycles. The Morgan fingerprint density at radius 1 is 1.13 bits per heavy atom. The molecule has 1 atom stereocenters. The molecule has 6 nitrogen and oxygen atoms in total. The number of nitrogens with zero attached hydrogens (tertiary/aromatic N) is 1. The number of amides is 1. The Balaban J connectivity index is 1.56. The van der Waals surface area contributed by atoms with Crippen molar-refractivity contribution in [1.29, 1.82) is 0 Å².